The molecule has 0 unspecified atom stereocenters. The molecule has 3 heterocycles. The molecule has 1 saturated heterocycles. The highest BCUT2D eigenvalue weighted by Crippen LogP contribution is 2.33. The quantitative estimate of drug-likeness (QED) is 0.270. The molecule has 0 bridgehead atoms. The van der Waals surface area contributed by atoms with Crippen molar-refractivity contribution < 1.29 is 19.5 Å². The first-order valence-electron chi connectivity index (χ1n) is 13.4. The Labute approximate surface area is 237 Å². The molecule has 3 N–H and O–H groups in total. The fourth-order valence-electron chi connectivity index (χ4n) is 5.86. The largest absolute Gasteiger partial charge is 0.481 e. The lowest BCUT2D eigenvalue weighted by Gasteiger charge is -2.38. The number of carboxylic acids is 1. The molecule has 0 saturated carbocycles. The number of hydrogen-bond donors (Lipinski definition) is 3. The van der Waals surface area contributed by atoms with Crippen molar-refractivity contribution in [1.29, 1.82) is 0 Å². The van der Waals surface area contributed by atoms with Crippen LogP contribution in [0.25, 0.3) is 10.9 Å². The molecular weight excluding hydrogens is 539 g/mol. The van der Waals surface area contributed by atoms with Crippen LogP contribution in [0.2, 0.25) is 10.0 Å². The number of likely N-dealkylation sites (tertiary alicyclic amines) is 1. The Bertz CT molecular complexity index is 1390. The Kier molecular flexibility index (Phi) is 8.33. The SMILES string of the molecule is O=C(O)CCCCC[C@H]1CCCN1C(=O)[C@H]1Cc2c([nH]c3ccccc23)CN1C(=O)Nc1ccc(Cl)c(Cl)c1. The Balaban J connectivity index is 1.37. The van der Waals surface area contributed by atoms with Crippen LogP contribution in [0.4, 0.5) is 10.5 Å². The van der Waals surface area contributed by atoms with Crippen molar-refractivity contribution in [1.82, 2.24) is 14.8 Å². The van der Waals surface area contributed by atoms with Crippen molar-refractivity contribution in [3.05, 3.63) is 63.8 Å². The third-order valence-electron chi connectivity index (χ3n) is 7.81. The normalized spacial score (nSPS) is 18.8. The molecule has 2 aromatic carbocycles. The number of anilines is 1. The van der Waals surface area contributed by atoms with E-state index in [1.54, 1.807) is 23.1 Å². The van der Waals surface area contributed by atoms with Gasteiger partial charge in [0.1, 0.15) is 6.04 Å². The zero-order valence-electron chi connectivity index (χ0n) is 21.6. The number of hydrogen-bond acceptors (Lipinski definition) is 3. The van der Waals surface area contributed by atoms with Crippen LogP contribution >= 0.6 is 23.2 Å². The van der Waals surface area contributed by atoms with E-state index < -0.39 is 12.0 Å². The number of H-pyrrole nitrogens is 1. The van der Waals surface area contributed by atoms with E-state index in [1.807, 2.05) is 29.2 Å². The van der Waals surface area contributed by atoms with Crippen LogP contribution in [0.5, 0.6) is 0 Å². The van der Waals surface area contributed by atoms with Crippen LogP contribution in [0.3, 0.4) is 0 Å². The Morgan fingerprint density at radius 1 is 1.03 bits per heavy atom. The van der Waals surface area contributed by atoms with Crippen molar-refractivity contribution in [2.45, 2.75) is 70.0 Å². The zero-order valence-corrected chi connectivity index (χ0v) is 23.1. The Morgan fingerprint density at radius 3 is 2.64 bits per heavy atom. The first-order valence-corrected chi connectivity index (χ1v) is 14.2. The summed E-state index contributed by atoms with van der Waals surface area (Å²) in [6.07, 6.45) is 5.62. The monoisotopic (exact) mass is 570 g/mol. The van der Waals surface area contributed by atoms with Crippen LogP contribution < -0.4 is 5.32 Å². The molecule has 2 atom stereocenters. The van der Waals surface area contributed by atoms with Gasteiger partial charge in [0, 0.05) is 47.7 Å². The van der Waals surface area contributed by atoms with Crippen molar-refractivity contribution in [3.63, 3.8) is 0 Å². The fourth-order valence-corrected chi connectivity index (χ4v) is 6.16. The number of unbranched alkanes of at least 4 members (excludes halogenated alkanes) is 2. The number of urea groups is 1. The lowest BCUT2D eigenvalue weighted by Crippen LogP contribution is -2.55. The summed E-state index contributed by atoms with van der Waals surface area (Å²) in [6.45, 7) is 0.944. The number of carbonyl (C=O) groups excluding carboxylic acids is 2. The molecule has 0 spiro atoms. The lowest BCUT2D eigenvalue weighted by atomic mass is 9.95. The fraction of sp³-hybridized carbons (Fsp3) is 0.414. The maximum absolute atomic E-state index is 14.1. The number of carbonyl (C=O) groups is 3. The summed E-state index contributed by atoms with van der Waals surface area (Å²) in [4.78, 5) is 45.5. The van der Waals surface area contributed by atoms with Gasteiger partial charge in [-0.1, -0.05) is 54.2 Å². The summed E-state index contributed by atoms with van der Waals surface area (Å²) in [5, 5.41) is 13.6. The number of aromatic nitrogens is 1. The third-order valence-corrected chi connectivity index (χ3v) is 8.55. The number of aromatic amines is 1. The van der Waals surface area contributed by atoms with Crippen molar-refractivity contribution >= 4 is 57.7 Å². The number of nitrogens with zero attached hydrogens (tertiary/aromatic N) is 2. The Hall–Kier alpha value is -3.23. The minimum absolute atomic E-state index is 0.0387. The van der Waals surface area contributed by atoms with E-state index in [0.717, 1.165) is 54.3 Å². The van der Waals surface area contributed by atoms with Gasteiger partial charge in [-0.2, -0.15) is 0 Å². The summed E-state index contributed by atoms with van der Waals surface area (Å²) < 4.78 is 0. The van der Waals surface area contributed by atoms with Crippen molar-refractivity contribution in [3.8, 4) is 0 Å². The zero-order chi connectivity index (χ0) is 27.5. The molecule has 3 aromatic rings. The average Bonchev–Trinajstić information content (AvgIpc) is 3.53. The molecule has 8 nitrogen and oxygen atoms in total. The molecule has 0 radical (unpaired) electrons. The van der Waals surface area contributed by atoms with Crippen LogP contribution in [0.15, 0.2) is 42.5 Å². The van der Waals surface area contributed by atoms with Gasteiger partial charge in [0.05, 0.1) is 16.6 Å². The predicted octanol–water partition coefficient (Wildman–Crippen LogP) is 6.46. The molecule has 0 aliphatic carbocycles. The smallest absolute Gasteiger partial charge is 0.322 e. The molecule has 2 aliphatic heterocycles. The van der Waals surface area contributed by atoms with Gasteiger partial charge in [-0.25, -0.2) is 4.79 Å². The average molecular weight is 572 g/mol. The van der Waals surface area contributed by atoms with E-state index >= 15 is 0 Å². The molecule has 5 rings (SSSR count). The standard InChI is InChI=1S/C29H32Cl2N4O4/c30-22-13-12-18(15-23(22)31)32-29(39)35-17-25-21(20-9-4-5-10-24(20)33-25)16-26(35)28(38)34-14-6-8-19(34)7-2-1-3-11-27(36)37/h4-5,9-10,12-13,15,19,26,33H,1-3,6-8,11,14,16-17H2,(H,32,39)(H,36,37)/t19-,26+/m0/s1. The molecule has 3 amide bonds. The number of fused-ring (bicyclic) bond motifs is 3. The third kappa shape index (κ3) is 6.02. The number of carboxylic acid groups (broad SMARTS) is 1. The maximum Gasteiger partial charge on any atom is 0.322 e. The Morgan fingerprint density at radius 2 is 1.85 bits per heavy atom. The van der Waals surface area contributed by atoms with Crippen LogP contribution in [-0.4, -0.2) is 56.4 Å². The van der Waals surface area contributed by atoms with Gasteiger partial charge in [0.15, 0.2) is 0 Å². The van der Waals surface area contributed by atoms with Crippen LogP contribution in [0, 0.1) is 0 Å². The first-order chi connectivity index (χ1) is 18.8. The van der Waals surface area contributed by atoms with E-state index in [1.165, 1.54) is 0 Å². The number of halogens is 2. The van der Waals surface area contributed by atoms with Crippen molar-refractivity contribution in [2.24, 2.45) is 0 Å². The molecular formula is C29H32Cl2N4O4. The number of aliphatic carboxylic acids is 1. The molecule has 1 fully saturated rings. The molecule has 2 aliphatic rings. The minimum Gasteiger partial charge on any atom is -0.481 e. The van der Waals surface area contributed by atoms with Crippen LogP contribution in [0.1, 0.15) is 56.2 Å². The van der Waals surface area contributed by atoms with Gasteiger partial charge >= 0.3 is 12.0 Å². The predicted molar refractivity (Wildman–Crippen MR) is 152 cm³/mol. The van der Waals surface area contributed by atoms with Crippen LogP contribution in [-0.2, 0) is 22.6 Å². The van der Waals surface area contributed by atoms with E-state index in [0.29, 0.717) is 35.1 Å². The van der Waals surface area contributed by atoms with Gasteiger partial charge in [-0.3, -0.25) is 9.59 Å². The summed E-state index contributed by atoms with van der Waals surface area (Å²) in [5.74, 6) is -0.816. The molecule has 206 valence electrons. The topological polar surface area (TPSA) is 106 Å². The highest BCUT2D eigenvalue weighted by atomic mass is 35.5. The summed E-state index contributed by atoms with van der Waals surface area (Å²) in [7, 11) is 0. The van der Waals surface area contributed by atoms with E-state index in [-0.39, 0.29) is 30.9 Å². The van der Waals surface area contributed by atoms with E-state index in [4.69, 9.17) is 28.3 Å². The van der Waals surface area contributed by atoms with E-state index in [2.05, 4.69) is 10.3 Å². The second-order valence-corrected chi connectivity index (χ2v) is 11.2. The minimum atomic E-state index is -0.777. The van der Waals surface area contributed by atoms with Crippen molar-refractivity contribution in [2.75, 3.05) is 11.9 Å². The molecule has 39 heavy (non-hydrogen) atoms. The summed E-state index contributed by atoms with van der Waals surface area (Å²) in [6, 6.07) is 12.0. The number of amides is 3. The summed E-state index contributed by atoms with van der Waals surface area (Å²) >= 11 is 12.2. The lowest BCUT2D eigenvalue weighted by molar-refractivity contribution is -0.137. The second kappa shape index (κ2) is 11.9. The van der Waals surface area contributed by atoms with Gasteiger partial charge in [-0.15, -0.1) is 0 Å². The molecule has 10 heteroatoms. The molecule has 1 aromatic heterocycles. The first kappa shape index (κ1) is 27.3. The number of nitrogens with one attached hydrogen (secondary N) is 2. The second-order valence-electron chi connectivity index (χ2n) is 10.4. The highest BCUT2D eigenvalue weighted by molar-refractivity contribution is 6.42. The number of benzene rings is 2. The van der Waals surface area contributed by atoms with E-state index in [9.17, 15) is 14.4 Å². The number of rotatable bonds is 8. The summed E-state index contributed by atoms with van der Waals surface area (Å²) in [5.41, 5.74) is 3.50. The maximum atomic E-state index is 14.1. The van der Waals surface area contributed by atoms with Gasteiger partial charge in [0.25, 0.3) is 0 Å². The van der Waals surface area contributed by atoms with Gasteiger partial charge in [-0.05, 0) is 55.5 Å². The van der Waals surface area contributed by atoms with Gasteiger partial charge in [0.2, 0.25) is 5.91 Å². The highest BCUT2D eigenvalue weighted by Gasteiger charge is 2.41. The van der Waals surface area contributed by atoms with Gasteiger partial charge < -0.3 is 25.2 Å². The number of para-hydroxylation sites is 1.